The maximum Gasteiger partial charge on any atom is 0.343 e. The van der Waals surface area contributed by atoms with Crippen LogP contribution in [0, 0.1) is 5.92 Å². The van der Waals surface area contributed by atoms with E-state index in [1.807, 2.05) is 24.3 Å². The van der Waals surface area contributed by atoms with Crippen LogP contribution in [-0.2, 0) is 23.9 Å². The Morgan fingerprint density at radius 2 is 1.74 bits per heavy atom. The van der Waals surface area contributed by atoms with Gasteiger partial charge in [0.2, 0.25) is 11.4 Å². The second kappa shape index (κ2) is 9.12. The number of rotatable bonds is 8. The highest BCUT2D eigenvalue weighted by Gasteiger charge is 2.49. The van der Waals surface area contributed by atoms with Crippen LogP contribution in [-0.4, -0.2) is 36.6 Å². The zero-order valence-corrected chi connectivity index (χ0v) is 14.0. The van der Waals surface area contributed by atoms with Crippen LogP contribution in [0.25, 0.3) is 0 Å². The minimum Gasteiger partial charge on any atom is -0.464 e. The van der Waals surface area contributed by atoms with E-state index in [0.717, 1.165) is 6.42 Å². The molecule has 0 spiro atoms. The predicted octanol–water partition coefficient (Wildman–Crippen LogP) is 1.90. The van der Waals surface area contributed by atoms with Crippen LogP contribution in [0.3, 0.4) is 0 Å². The molecule has 1 rings (SSSR count). The summed E-state index contributed by atoms with van der Waals surface area (Å²) in [5.41, 5.74) is -1.78. The molecule has 0 saturated heterocycles. The molecule has 1 atom stereocenters. The van der Waals surface area contributed by atoms with Crippen LogP contribution in [0.5, 0.6) is 0 Å². The van der Waals surface area contributed by atoms with Crippen molar-refractivity contribution in [1.82, 2.24) is 5.32 Å². The van der Waals surface area contributed by atoms with Gasteiger partial charge in [-0.15, -0.1) is 0 Å². The summed E-state index contributed by atoms with van der Waals surface area (Å²) in [6.07, 6.45) is 9.45. The van der Waals surface area contributed by atoms with Gasteiger partial charge < -0.3 is 14.8 Å². The van der Waals surface area contributed by atoms with E-state index in [0.29, 0.717) is 6.42 Å². The number of hydrogen-bond acceptors (Lipinski definition) is 5. The molecular weight excluding hydrogens is 298 g/mol. The van der Waals surface area contributed by atoms with Gasteiger partial charge in [-0.1, -0.05) is 24.3 Å². The third-order valence-corrected chi connectivity index (χ3v) is 3.60. The monoisotopic (exact) mass is 323 g/mol. The Morgan fingerprint density at radius 1 is 1.13 bits per heavy atom. The van der Waals surface area contributed by atoms with Crippen molar-refractivity contribution in [2.75, 3.05) is 13.2 Å². The van der Waals surface area contributed by atoms with Gasteiger partial charge in [0.05, 0.1) is 13.2 Å². The van der Waals surface area contributed by atoms with Crippen LogP contribution >= 0.6 is 0 Å². The van der Waals surface area contributed by atoms with Gasteiger partial charge in [0.25, 0.3) is 0 Å². The molecule has 0 aromatic carbocycles. The Labute approximate surface area is 136 Å². The summed E-state index contributed by atoms with van der Waals surface area (Å²) in [7, 11) is 0. The topological polar surface area (TPSA) is 81.7 Å². The molecule has 0 aliphatic heterocycles. The molecular formula is C17H25NO5. The van der Waals surface area contributed by atoms with E-state index < -0.39 is 23.4 Å². The third kappa shape index (κ3) is 5.23. The average Bonchev–Trinajstić information content (AvgIpc) is 2.52. The molecule has 0 bridgehead atoms. The number of hydrogen-bond donors (Lipinski definition) is 1. The standard InChI is InChI=1S/C17H25NO5/c1-4-22-15(20)17(18-13(3)19,16(21)23-5-2)12-11-14-9-7-6-8-10-14/h6-9,14H,4-5,10-12H2,1-3H3,(H,18,19). The highest BCUT2D eigenvalue weighted by Crippen LogP contribution is 2.25. The average molecular weight is 323 g/mol. The van der Waals surface area contributed by atoms with E-state index in [9.17, 15) is 14.4 Å². The molecule has 1 aliphatic carbocycles. The largest absolute Gasteiger partial charge is 0.464 e. The molecule has 1 aliphatic rings. The van der Waals surface area contributed by atoms with Crippen molar-refractivity contribution in [3.05, 3.63) is 24.3 Å². The van der Waals surface area contributed by atoms with Crippen molar-refractivity contribution < 1.29 is 23.9 Å². The Hall–Kier alpha value is -2.11. The molecule has 23 heavy (non-hydrogen) atoms. The van der Waals surface area contributed by atoms with Crippen molar-refractivity contribution in [2.24, 2.45) is 5.92 Å². The summed E-state index contributed by atoms with van der Waals surface area (Å²) in [4.78, 5) is 36.4. The molecule has 0 aromatic heterocycles. The number of amides is 1. The summed E-state index contributed by atoms with van der Waals surface area (Å²) in [5.74, 6) is -1.82. The first kappa shape index (κ1) is 18.9. The number of esters is 2. The smallest absolute Gasteiger partial charge is 0.343 e. The molecule has 1 amide bonds. The van der Waals surface area contributed by atoms with E-state index in [2.05, 4.69) is 5.32 Å². The van der Waals surface area contributed by atoms with Crippen molar-refractivity contribution in [1.29, 1.82) is 0 Å². The van der Waals surface area contributed by atoms with Gasteiger partial charge in [-0.05, 0) is 39.0 Å². The quantitative estimate of drug-likeness (QED) is 0.545. The van der Waals surface area contributed by atoms with Crippen LogP contribution in [0.15, 0.2) is 24.3 Å². The lowest BCUT2D eigenvalue weighted by molar-refractivity contribution is -0.168. The van der Waals surface area contributed by atoms with Gasteiger partial charge in [0.15, 0.2) is 0 Å². The summed E-state index contributed by atoms with van der Waals surface area (Å²) in [6, 6.07) is 0. The van der Waals surface area contributed by atoms with Crippen LogP contribution in [0.2, 0.25) is 0 Å². The Bertz CT molecular complexity index is 477. The van der Waals surface area contributed by atoms with Gasteiger partial charge in [-0.2, -0.15) is 0 Å². The molecule has 128 valence electrons. The Balaban J connectivity index is 3.00. The first-order valence-electron chi connectivity index (χ1n) is 7.92. The zero-order valence-electron chi connectivity index (χ0n) is 14.0. The van der Waals surface area contributed by atoms with Crippen LogP contribution < -0.4 is 5.32 Å². The first-order chi connectivity index (χ1) is 11.0. The number of allylic oxidation sites excluding steroid dienone is 4. The Morgan fingerprint density at radius 3 is 2.17 bits per heavy atom. The van der Waals surface area contributed by atoms with E-state index in [-0.39, 0.29) is 25.6 Å². The zero-order chi connectivity index (χ0) is 17.3. The SMILES string of the molecule is CCOC(=O)C(CCC1C=CC=CC1)(NC(C)=O)C(=O)OCC. The fourth-order valence-corrected chi connectivity index (χ4v) is 2.51. The second-order valence-electron chi connectivity index (χ2n) is 5.37. The van der Waals surface area contributed by atoms with E-state index in [4.69, 9.17) is 9.47 Å². The summed E-state index contributed by atoms with van der Waals surface area (Å²) in [6.45, 7) is 4.79. The van der Waals surface area contributed by atoms with Crippen molar-refractivity contribution in [2.45, 2.75) is 45.6 Å². The number of ether oxygens (including phenoxy) is 2. The maximum atomic E-state index is 12.4. The molecule has 0 saturated carbocycles. The Kier molecular flexibility index (Phi) is 7.51. The lowest BCUT2D eigenvalue weighted by Gasteiger charge is -2.30. The van der Waals surface area contributed by atoms with Crippen molar-refractivity contribution >= 4 is 17.8 Å². The highest BCUT2D eigenvalue weighted by molar-refractivity contribution is 6.07. The third-order valence-electron chi connectivity index (χ3n) is 3.60. The fraction of sp³-hybridized carbons (Fsp3) is 0.588. The lowest BCUT2D eigenvalue weighted by Crippen LogP contribution is -2.61. The first-order valence-corrected chi connectivity index (χ1v) is 7.92. The van der Waals surface area contributed by atoms with E-state index in [1.165, 1.54) is 6.92 Å². The van der Waals surface area contributed by atoms with Gasteiger partial charge in [0, 0.05) is 6.92 Å². The molecule has 0 fully saturated rings. The molecule has 1 N–H and O–H groups in total. The molecule has 1 unspecified atom stereocenters. The number of nitrogens with one attached hydrogen (secondary N) is 1. The lowest BCUT2D eigenvalue weighted by atomic mass is 9.86. The number of carbonyl (C=O) groups excluding carboxylic acids is 3. The minimum atomic E-state index is -1.78. The minimum absolute atomic E-state index is 0.117. The normalized spacial score (nSPS) is 16.7. The predicted molar refractivity (Wildman–Crippen MR) is 85.4 cm³/mol. The van der Waals surface area contributed by atoms with Gasteiger partial charge >= 0.3 is 11.9 Å². The molecule has 6 nitrogen and oxygen atoms in total. The van der Waals surface area contributed by atoms with Crippen LogP contribution in [0.1, 0.15) is 40.0 Å². The van der Waals surface area contributed by atoms with E-state index in [1.54, 1.807) is 13.8 Å². The highest BCUT2D eigenvalue weighted by atomic mass is 16.6. The molecule has 0 aromatic rings. The van der Waals surface area contributed by atoms with Crippen molar-refractivity contribution in [3.63, 3.8) is 0 Å². The molecule has 0 heterocycles. The van der Waals surface area contributed by atoms with Gasteiger partial charge in [-0.3, -0.25) is 4.79 Å². The summed E-state index contributed by atoms with van der Waals surface area (Å²) in [5, 5.41) is 2.47. The fourth-order valence-electron chi connectivity index (χ4n) is 2.51. The molecule has 0 radical (unpaired) electrons. The number of carbonyl (C=O) groups is 3. The summed E-state index contributed by atoms with van der Waals surface area (Å²) >= 11 is 0. The second-order valence-corrected chi connectivity index (χ2v) is 5.37. The van der Waals surface area contributed by atoms with Gasteiger partial charge in [-0.25, -0.2) is 9.59 Å². The van der Waals surface area contributed by atoms with Crippen LogP contribution in [0.4, 0.5) is 0 Å². The van der Waals surface area contributed by atoms with Gasteiger partial charge in [0.1, 0.15) is 0 Å². The maximum absolute atomic E-state index is 12.4. The van der Waals surface area contributed by atoms with Crippen molar-refractivity contribution in [3.8, 4) is 0 Å². The van der Waals surface area contributed by atoms with E-state index >= 15 is 0 Å². The molecule has 6 heteroatoms. The summed E-state index contributed by atoms with van der Waals surface area (Å²) < 4.78 is 10.1.